The lowest BCUT2D eigenvalue weighted by Gasteiger charge is -2.06. The van der Waals surface area contributed by atoms with Gasteiger partial charge in [-0.25, -0.2) is 13.6 Å². The van der Waals surface area contributed by atoms with Crippen molar-refractivity contribution in [2.24, 2.45) is 5.14 Å². The van der Waals surface area contributed by atoms with Crippen LogP contribution in [0.1, 0.15) is 0 Å². The summed E-state index contributed by atoms with van der Waals surface area (Å²) in [6.45, 7) is 0. The fourth-order valence-electron chi connectivity index (χ4n) is 1.50. The van der Waals surface area contributed by atoms with Gasteiger partial charge in [0.15, 0.2) is 0 Å². The van der Waals surface area contributed by atoms with Crippen LogP contribution in [-0.2, 0) is 10.0 Å². The predicted octanol–water partition coefficient (Wildman–Crippen LogP) is 0.978. The Balaban J connectivity index is 2.53. The van der Waals surface area contributed by atoms with E-state index in [4.69, 9.17) is 10.9 Å². The highest BCUT2D eigenvalue weighted by molar-refractivity contribution is 7.89. The van der Waals surface area contributed by atoms with Crippen LogP contribution in [0.3, 0.4) is 0 Å². The minimum atomic E-state index is -3.78. The molecule has 0 spiro atoms. The highest BCUT2D eigenvalue weighted by Gasteiger charge is 2.12. The Morgan fingerprint density at radius 1 is 1.12 bits per heavy atom. The van der Waals surface area contributed by atoms with E-state index in [1.54, 1.807) is 24.4 Å². The molecule has 2 rings (SSSR count). The van der Waals surface area contributed by atoms with Gasteiger partial charge in [0.05, 0.1) is 11.4 Å². The fraction of sp³-hybridized carbons (Fsp3) is 0. The molecule has 0 aliphatic rings. The first-order valence-corrected chi connectivity index (χ1v) is 6.37. The monoisotopic (exact) mass is 249 g/mol. The molecule has 5 nitrogen and oxygen atoms in total. The molecule has 0 atom stereocenters. The first-order valence-electron chi connectivity index (χ1n) is 4.82. The van der Waals surface area contributed by atoms with Gasteiger partial charge in [0.2, 0.25) is 10.0 Å². The van der Waals surface area contributed by atoms with Crippen molar-refractivity contribution >= 4 is 15.7 Å². The second kappa shape index (κ2) is 4.15. The SMILES string of the molecule is Nc1cc(-c2ccccn2)ccc1S(N)(=O)=O. The van der Waals surface area contributed by atoms with Crippen molar-refractivity contribution in [3.05, 3.63) is 42.6 Å². The molecule has 0 radical (unpaired) electrons. The van der Waals surface area contributed by atoms with Crippen molar-refractivity contribution in [1.82, 2.24) is 4.98 Å². The summed E-state index contributed by atoms with van der Waals surface area (Å²) in [5, 5.41) is 5.02. The zero-order valence-electron chi connectivity index (χ0n) is 8.87. The van der Waals surface area contributed by atoms with Crippen molar-refractivity contribution in [1.29, 1.82) is 0 Å². The van der Waals surface area contributed by atoms with Crippen molar-refractivity contribution < 1.29 is 8.42 Å². The van der Waals surface area contributed by atoms with Crippen LogP contribution in [0.5, 0.6) is 0 Å². The lowest BCUT2D eigenvalue weighted by molar-refractivity contribution is 0.598. The molecule has 2 aromatic rings. The summed E-state index contributed by atoms with van der Waals surface area (Å²) in [6.07, 6.45) is 1.65. The third kappa shape index (κ3) is 2.43. The molecule has 0 fully saturated rings. The van der Waals surface area contributed by atoms with Gasteiger partial charge in [0, 0.05) is 11.8 Å². The number of anilines is 1. The summed E-state index contributed by atoms with van der Waals surface area (Å²) in [5.41, 5.74) is 7.25. The number of nitrogen functional groups attached to an aromatic ring is 1. The van der Waals surface area contributed by atoms with Gasteiger partial charge >= 0.3 is 0 Å². The number of primary sulfonamides is 1. The number of hydrogen-bond acceptors (Lipinski definition) is 4. The topological polar surface area (TPSA) is 99.1 Å². The van der Waals surface area contributed by atoms with E-state index in [1.165, 1.54) is 6.07 Å². The van der Waals surface area contributed by atoms with E-state index >= 15 is 0 Å². The van der Waals surface area contributed by atoms with E-state index in [0.717, 1.165) is 11.3 Å². The summed E-state index contributed by atoms with van der Waals surface area (Å²) in [5.74, 6) is 0. The smallest absolute Gasteiger partial charge is 0.240 e. The van der Waals surface area contributed by atoms with Crippen molar-refractivity contribution in [3.63, 3.8) is 0 Å². The van der Waals surface area contributed by atoms with Gasteiger partial charge in [0.25, 0.3) is 0 Å². The largest absolute Gasteiger partial charge is 0.398 e. The van der Waals surface area contributed by atoms with Crippen LogP contribution in [0.25, 0.3) is 11.3 Å². The highest BCUT2D eigenvalue weighted by Crippen LogP contribution is 2.24. The molecule has 88 valence electrons. The molecule has 0 amide bonds. The number of hydrogen-bond donors (Lipinski definition) is 2. The van der Waals surface area contributed by atoms with E-state index in [2.05, 4.69) is 4.98 Å². The maximum absolute atomic E-state index is 11.2. The summed E-state index contributed by atoms with van der Waals surface area (Å²) >= 11 is 0. The van der Waals surface area contributed by atoms with Crippen molar-refractivity contribution in [3.8, 4) is 11.3 Å². The van der Waals surface area contributed by atoms with Gasteiger partial charge in [-0.1, -0.05) is 12.1 Å². The molecule has 1 aromatic heterocycles. The molecule has 0 bridgehead atoms. The fourth-order valence-corrected chi connectivity index (χ4v) is 2.15. The number of rotatable bonds is 2. The maximum atomic E-state index is 11.2. The van der Waals surface area contributed by atoms with E-state index < -0.39 is 10.0 Å². The molecule has 0 unspecified atom stereocenters. The molecule has 6 heteroatoms. The van der Waals surface area contributed by atoms with E-state index in [9.17, 15) is 8.42 Å². The number of sulfonamides is 1. The van der Waals surface area contributed by atoms with Crippen LogP contribution >= 0.6 is 0 Å². The van der Waals surface area contributed by atoms with Gasteiger partial charge in [-0.2, -0.15) is 0 Å². The average molecular weight is 249 g/mol. The van der Waals surface area contributed by atoms with Crippen LogP contribution in [0.2, 0.25) is 0 Å². The van der Waals surface area contributed by atoms with E-state index in [0.29, 0.717) is 0 Å². The van der Waals surface area contributed by atoms with Crippen LogP contribution in [0.4, 0.5) is 5.69 Å². The van der Waals surface area contributed by atoms with Crippen LogP contribution < -0.4 is 10.9 Å². The number of nitrogens with two attached hydrogens (primary N) is 2. The third-order valence-corrected chi connectivity index (χ3v) is 3.26. The number of nitrogens with zero attached hydrogens (tertiary/aromatic N) is 1. The molecule has 1 aromatic carbocycles. The first-order chi connectivity index (χ1) is 7.98. The minimum Gasteiger partial charge on any atom is -0.398 e. The Hall–Kier alpha value is -1.92. The molecule has 17 heavy (non-hydrogen) atoms. The molecule has 0 aliphatic heterocycles. The second-order valence-electron chi connectivity index (χ2n) is 3.51. The summed E-state index contributed by atoms with van der Waals surface area (Å²) < 4.78 is 22.4. The van der Waals surface area contributed by atoms with E-state index in [-0.39, 0.29) is 10.6 Å². The molecular formula is C11H11N3O2S. The molecular weight excluding hydrogens is 238 g/mol. The van der Waals surface area contributed by atoms with Crippen LogP contribution in [-0.4, -0.2) is 13.4 Å². The second-order valence-corrected chi connectivity index (χ2v) is 5.04. The first kappa shape index (κ1) is 11.6. The normalized spacial score (nSPS) is 11.4. The lowest BCUT2D eigenvalue weighted by atomic mass is 10.1. The molecule has 0 saturated carbocycles. The van der Waals surface area contributed by atoms with E-state index in [1.807, 2.05) is 12.1 Å². The zero-order valence-corrected chi connectivity index (χ0v) is 9.68. The van der Waals surface area contributed by atoms with Gasteiger partial charge in [0.1, 0.15) is 4.90 Å². The minimum absolute atomic E-state index is 0.0721. The Bertz CT molecular complexity index is 639. The Labute approximate surface area is 99.1 Å². The third-order valence-electron chi connectivity index (χ3n) is 2.28. The Morgan fingerprint density at radius 2 is 1.88 bits per heavy atom. The number of pyridine rings is 1. The lowest BCUT2D eigenvalue weighted by Crippen LogP contribution is -2.14. The highest BCUT2D eigenvalue weighted by atomic mass is 32.2. The van der Waals surface area contributed by atoms with Gasteiger partial charge < -0.3 is 5.73 Å². The van der Waals surface area contributed by atoms with Crippen molar-refractivity contribution in [2.45, 2.75) is 4.90 Å². The molecule has 4 N–H and O–H groups in total. The molecule has 0 saturated heterocycles. The van der Waals surface area contributed by atoms with Gasteiger partial charge in [-0.05, 0) is 24.3 Å². The standard InChI is InChI=1S/C11H11N3O2S/c12-9-7-8(10-3-1-2-6-14-10)4-5-11(9)17(13,15)16/h1-7H,12H2,(H2,13,15,16). The molecule has 1 heterocycles. The number of aromatic nitrogens is 1. The number of benzene rings is 1. The maximum Gasteiger partial charge on any atom is 0.240 e. The Morgan fingerprint density at radius 3 is 2.41 bits per heavy atom. The summed E-state index contributed by atoms with van der Waals surface area (Å²) in [7, 11) is -3.78. The Kier molecular flexibility index (Phi) is 2.83. The summed E-state index contributed by atoms with van der Waals surface area (Å²) in [6, 6.07) is 10.00. The predicted molar refractivity (Wildman–Crippen MR) is 65.5 cm³/mol. The zero-order chi connectivity index (χ0) is 12.5. The average Bonchev–Trinajstić information content (AvgIpc) is 2.28. The van der Waals surface area contributed by atoms with Gasteiger partial charge in [-0.15, -0.1) is 0 Å². The van der Waals surface area contributed by atoms with Gasteiger partial charge in [-0.3, -0.25) is 4.98 Å². The van der Waals surface area contributed by atoms with Crippen molar-refractivity contribution in [2.75, 3.05) is 5.73 Å². The van der Waals surface area contributed by atoms with Crippen LogP contribution in [0, 0.1) is 0 Å². The van der Waals surface area contributed by atoms with Crippen LogP contribution in [0.15, 0.2) is 47.5 Å². The quantitative estimate of drug-likeness (QED) is 0.775. The summed E-state index contributed by atoms with van der Waals surface area (Å²) in [4.78, 5) is 4.07. The molecule has 0 aliphatic carbocycles.